The molecular formula is C33H31FN4O2. The van der Waals surface area contributed by atoms with Gasteiger partial charge in [-0.3, -0.25) is 9.59 Å². The zero-order chi connectivity index (χ0) is 27.9. The Morgan fingerprint density at radius 3 is 2.38 bits per heavy atom. The van der Waals surface area contributed by atoms with Crippen molar-refractivity contribution in [3.8, 4) is 16.9 Å². The molecule has 1 heterocycles. The highest BCUT2D eigenvalue weighted by molar-refractivity contribution is 6.08. The summed E-state index contributed by atoms with van der Waals surface area (Å²) in [5, 5.41) is 9.48. The number of nitrogens with one attached hydrogen (secondary N) is 1. The highest BCUT2D eigenvalue weighted by Gasteiger charge is 2.22. The highest BCUT2D eigenvalue weighted by atomic mass is 19.1. The van der Waals surface area contributed by atoms with Crippen molar-refractivity contribution in [2.45, 2.75) is 26.2 Å². The normalized spacial score (nSPS) is 10.9. The summed E-state index contributed by atoms with van der Waals surface area (Å²) in [4.78, 5) is 28.8. The fourth-order valence-corrected chi connectivity index (χ4v) is 4.74. The lowest BCUT2D eigenvalue weighted by atomic mass is 10.0. The first kappa shape index (κ1) is 26.8. The lowest BCUT2D eigenvalue weighted by Crippen LogP contribution is -2.39. The first-order valence-corrected chi connectivity index (χ1v) is 13.5. The van der Waals surface area contributed by atoms with Gasteiger partial charge in [0.1, 0.15) is 18.2 Å². The molecule has 5 rings (SSSR count). The van der Waals surface area contributed by atoms with Crippen molar-refractivity contribution >= 4 is 28.4 Å². The average molecular weight is 535 g/mol. The Morgan fingerprint density at radius 2 is 1.60 bits per heavy atom. The molecule has 0 saturated carbocycles. The monoisotopic (exact) mass is 534 g/mol. The Balaban J connectivity index is 1.43. The molecule has 6 nitrogen and oxygen atoms in total. The van der Waals surface area contributed by atoms with Crippen LogP contribution >= 0.6 is 0 Å². The van der Waals surface area contributed by atoms with Gasteiger partial charge in [-0.25, -0.2) is 9.07 Å². The van der Waals surface area contributed by atoms with E-state index < -0.39 is 0 Å². The van der Waals surface area contributed by atoms with Gasteiger partial charge in [0.05, 0.1) is 11.4 Å². The third kappa shape index (κ3) is 6.10. The maximum Gasteiger partial charge on any atom is 0.254 e. The Kier molecular flexibility index (Phi) is 8.30. The highest BCUT2D eigenvalue weighted by Crippen LogP contribution is 2.25. The standard InChI is InChI=1S/C33H31FN4O2/c1-2-3-9-21-37(33(40)29-16-10-14-24-11-7-8-15-28(24)29)23-32(39)35-31-22-30(25-12-5-4-6-13-25)36-38(31)27-19-17-26(34)18-20-27/h4-8,10-20,22H,2-3,9,21,23H2,1H3,(H,35,39). The third-order valence-electron chi connectivity index (χ3n) is 6.79. The molecular weight excluding hydrogens is 503 g/mol. The van der Waals surface area contributed by atoms with Gasteiger partial charge in [0.15, 0.2) is 0 Å². The topological polar surface area (TPSA) is 67.2 Å². The summed E-state index contributed by atoms with van der Waals surface area (Å²) in [5.74, 6) is -0.450. The van der Waals surface area contributed by atoms with Gasteiger partial charge in [0.25, 0.3) is 5.91 Å². The number of unbranched alkanes of at least 4 members (excludes halogenated alkanes) is 2. The fraction of sp³-hybridized carbons (Fsp3) is 0.182. The summed E-state index contributed by atoms with van der Waals surface area (Å²) in [7, 11) is 0. The molecule has 0 aliphatic carbocycles. The number of nitrogens with zero attached hydrogens (tertiary/aromatic N) is 3. The maximum absolute atomic E-state index is 13.7. The quantitative estimate of drug-likeness (QED) is 0.194. The first-order valence-electron chi connectivity index (χ1n) is 13.5. The Labute approximate surface area is 233 Å². The molecule has 1 aromatic heterocycles. The minimum atomic E-state index is -0.362. The number of halogens is 1. The second-order valence-electron chi connectivity index (χ2n) is 9.68. The zero-order valence-electron chi connectivity index (χ0n) is 22.4. The molecule has 0 radical (unpaired) electrons. The van der Waals surface area contributed by atoms with Crippen LogP contribution in [0, 0.1) is 5.82 Å². The van der Waals surface area contributed by atoms with Crippen LogP contribution in [0.25, 0.3) is 27.7 Å². The van der Waals surface area contributed by atoms with E-state index in [1.54, 1.807) is 27.8 Å². The van der Waals surface area contributed by atoms with Crippen molar-refractivity contribution in [2.24, 2.45) is 0 Å². The third-order valence-corrected chi connectivity index (χ3v) is 6.79. The molecule has 40 heavy (non-hydrogen) atoms. The lowest BCUT2D eigenvalue weighted by Gasteiger charge is -2.23. The van der Waals surface area contributed by atoms with Crippen LogP contribution in [0.5, 0.6) is 0 Å². The van der Waals surface area contributed by atoms with Crippen molar-refractivity contribution in [3.05, 3.63) is 115 Å². The van der Waals surface area contributed by atoms with E-state index in [9.17, 15) is 14.0 Å². The summed E-state index contributed by atoms with van der Waals surface area (Å²) >= 11 is 0. The lowest BCUT2D eigenvalue weighted by molar-refractivity contribution is -0.117. The molecule has 1 N–H and O–H groups in total. The van der Waals surface area contributed by atoms with Crippen LogP contribution in [-0.2, 0) is 4.79 Å². The van der Waals surface area contributed by atoms with Crippen LogP contribution in [0.3, 0.4) is 0 Å². The van der Waals surface area contributed by atoms with E-state index in [4.69, 9.17) is 0 Å². The van der Waals surface area contributed by atoms with Crippen LogP contribution in [0.4, 0.5) is 10.2 Å². The minimum absolute atomic E-state index is 0.110. The van der Waals surface area contributed by atoms with Crippen molar-refractivity contribution in [2.75, 3.05) is 18.4 Å². The van der Waals surface area contributed by atoms with Gasteiger partial charge in [-0.05, 0) is 47.5 Å². The van der Waals surface area contributed by atoms with E-state index in [2.05, 4.69) is 17.3 Å². The van der Waals surface area contributed by atoms with Crippen LogP contribution in [0.1, 0.15) is 36.5 Å². The number of carbonyl (C=O) groups excluding carboxylic acids is 2. The van der Waals surface area contributed by atoms with Gasteiger partial charge < -0.3 is 10.2 Å². The number of carbonyl (C=O) groups is 2. The van der Waals surface area contributed by atoms with Gasteiger partial charge in [-0.2, -0.15) is 5.10 Å². The van der Waals surface area contributed by atoms with Gasteiger partial charge in [0.2, 0.25) is 5.91 Å². The Bertz CT molecular complexity index is 1610. The smallest absolute Gasteiger partial charge is 0.254 e. The van der Waals surface area contributed by atoms with Crippen molar-refractivity contribution in [3.63, 3.8) is 0 Å². The van der Waals surface area contributed by atoms with Crippen LogP contribution in [-0.4, -0.2) is 39.6 Å². The zero-order valence-corrected chi connectivity index (χ0v) is 22.4. The summed E-state index contributed by atoms with van der Waals surface area (Å²) in [6, 6.07) is 30.7. The van der Waals surface area contributed by atoms with Crippen LogP contribution in [0.15, 0.2) is 103 Å². The number of aromatic nitrogens is 2. The number of anilines is 1. The Morgan fingerprint density at radius 1 is 0.875 bits per heavy atom. The summed E-state index contributed by atoms with van der Waals surface area (Å²) in [5.41, 5.74) is 2.72. The molecule has 7 heteroatoms. The maximum atomic E-state index is 13.7. The molecule has 0 atom stereocenters. The number of amides is 2. The summed E-state index contributed by atoms with van der Waals surface area (Å²) in [6.07, 6.45) is 2.76. The predicted octanol–water partition coefficient (Wildman–Crippen LogP) is 7.10. The van der Waals surface area contributed by atoms with Gasteiger partial charge in [0, 0.05) is 23.7 Å². The molecule has 5 aromatic rings. The van der Waals surface area contributed by atoms with Gasteiger partial charge >= 0.3 is 0 Å². The SMILES string of the molecule is CCCCCN(CC(=O)Nc1cc(-c2ccccc2)nn1-c1ccc(F)cc1)C(=O)c1cccc2ccccc12. The molecule has 0 aliphatic rings. The van der Waals surface area contributed by atoms with E-state index in [1.165, 1.54) is 12.1 Å². The van der Waals surface area contributed by atoms with Crippen molar-refractivity contribution < 1.29 is 14.0 Å². The van der Waals surface area contributed by atoms with Crippen molar-refractivity contribution in [1.29, 1.82) is 0 Å². The molecule has 0 aliphatic heterocycles. The molecule has 0 spiro atoms. The summed E-state index contributed by atoms with van der Waals surface area (Å²) in [6.45, 7) is 2.46. The van der Waals surface area contributed by atoms with E-state index in [0.717, 1.165) is 35.6 Å². The van der Waals surface area contributed by atoms with Crippen LogP contribution < -0.4 is 5.32 Å². The number of hydrogen-bond donors (Lipinski definition) is 1. The molecule has 0 saturated heterocycles. The largest absolute Gasteiger partial charge is 0.329 e. The fourth-order valence-electron chi connectivity index (χ4n) is 4.74. The second kappa shape index (κ2) is 12.4. The second-order valence-corrected chi connectivity index (χ2v) is 9.68. The minimum Gasteiger partial charge on any atom is -0.329 e. The predicted molar refractivity (Wildman–Crippen MR) is 157 cm³/mol. The van der Waals surface area contributed by atoms with Crippen LogP contribution in [0.2, 0.25) is 0 Å². The number of rotatable bonds is 10. The van der Waals surface area contributed by atoms with Crippen molar-refractivity contribution in [1.82, 2.24) is 14.7 Å². The van der Waals surface area contributed by atoms with E-state index in [-0.39, 0.29) is 24.2 Å². The molecule has 0 bridgehead atoms. The Hall–Kier alpha value is -4.78. The first-order chi connectivity index (χ1) is 19.5. The van der Waals surface area contributed by atoms with E-state index >= 15 is 0 Å². The molecule has 2 amide bonds. The average Bonchev–Trinajstić information content (AvgIpc) is 3.40. The molecule has 0 fully saturated rings. The molecule has 202 valence electrons. The number of fused-ring (bicyclic) bond motifs is 1. The number of benzene rings is 4. The van der Waals surface area contributed by atoms with E-state index in [0.29, 0.717) is 29.3 Å². The number of hydrogen-bond acceptors (Lipinski definition) is 3. The molecule has 0 unspecified atom stereocenters. The summed E-state index contributed by atoms with van der Waals surface area (Å²) < 4.78 is 15.2. The van der Waals surface area contributed by atoms with Gasteiger partial charge in [-0.15, -0.1) is 0 Å². The van der Waals surface area contributed by atoms with E-state index in [1.807, 2.05) is 72.8 Å². The molecule has 4 aromatic carbocycles. The van der Waals surface area contributed by atoms with Gasteiger partial charge in [-0.1, -0.05) is 86.5 Å².